The second kappa shape index (κ2) is 6.78. The number of hydrogen-bond acceptors (Lipinski definition) is 4. The minimum atomic E-state index is 0.0242. The number of amides is 2. The van der Waals surface area contributed by atoms with Gasteiger partial charge in [-0.3, -0.25) is 14.3 Å². The highest BCUT2D eigenvalue weighted by Crippen LogP contribution is 2.34. The second-order valence-corrected chi connectivity index (χ2v) is 7.54. The van der Waals surface area contributed by atoms with Crippen molar-refractivity contribution in [3.8, 4) is 0 Å². The topological polar surface area (TPSA) is 67.7 Å². The van der Waals surface area contributed by atoms with Gasteiger partial charge in [0, 0.05) is 45.3 Å². The molecule has 1 aromatic rings. The Labute approximate surface area is 147 Å². The molecule has 3 fully saturated rings. The molecule has 4 rings (SSSR count). The van der Waals surface area contributed by atoms with Crippen LogP contribution in [-0.4, -0.2) is 69.8 Å². The Morgan fingerprint density at radius 1 is 1.20 bits per heavy atom. The first kappa shape index (κ1) is 16.6. The van der Waals surface area contributed by atoms with Gasteiger partial charge in [-0.05, 0) is 25.3 Å². The normalized spacial score (nSPS) is 28.6. The third-order valence-corrected chi connectivity index (χ3v) is 5.63. The van der Waals surface area contributed by atoms with Crippen molar-refractivity contribution in [2.45, 2.75) is 44.3 Å². The first-order chi connectivity index (χ1) is 12.1. The third-order valence-electron chi connectivity index (χ3n) is 5.63. The van der Waals surface area contributed by atoms with Crippen molar-refractivity contribution in [1.29, 1.82) is 0 Å². The van der Waals surface area contributed by atoms with Crippen LogP contribution in [0.5, 0.6) is 0 Å². The van der Waals surface area contributed by atoms with Crippen molar-refractivity contribution in [3.05, 3.63) is 18.0 Å². The molecular weight excluding hydrogens is 320 g/mol. The minimum absolute atomic E-state index is 0.0242. The molecule has 4 heterocycles. The average molecular weight is 346 g/mol. The molecule has 2 amide bonds. The van der Waals surface area contributed by atoms with E-state index in [0.717, 1.165) is 44.6 Å². The van der Waals surface area contributed by atoms with E-state index < -0.39 is 0 Å². The van der Waals surface area contributed by atoms with Crippen LogP contribution in [0.25, 0.3) is 0 Å². The van der Waals surface area contributed by atoms with Gasteiger partial charge < -0.3 is 14.5 Å². The smallest absolute Gasteiger partial charge is 0.228 e. The summed E-state index contributed by atoms with van der Waals surface area (Å²) in [7, 11) is 1.85. The highest BCUT2D eigenvalue weighted by Gasteiger charge is 2.44. The van der Waals surface area contributed by atoms with E-state index in [0.29, 0.717) is 25.3 Å². The van der Waals surface area contributed by atoms with Gasteiger partial charge in [0.15, 0.2) is 0 Å². The Morgan fingerprint density at radius 2 is 2.00 bits per heavy atom. The molecule has 25 heavy (non-hydrogen) atoms. The van der Waals surface area contributed by atoms with Gasteiger partial charge >= 0.3 is 0 Å². The zero-order chi connectivity index (χ0) is 17.4. The monoisotopic (exact) mass is 346 g/mol. The molecule has 1 aromatic heterocycles. The van der Waals surface area contributed by atoms with Gasteiger partial charge in [-0.15, -0.1) is 0 Å². The molecular formula is C18H26N4O3. The van der Waals surface area contributed by atoms with E-state index in [1.54, 1.807) is 4.68 Å². The number of carbonyl (C=O) groups excluding carboxylic acids is 2. The van der Waals surface area contributed by atoms with Crippen molar-refractivity contribution in [3.63, 3.8) is 0 Å². The number of hydrogen-bond donors (Lipinski definition) is 0. The Bertz CT molecular complexity index is 639. The summed E-state index contributed by atoms with van der Waals surface area (Å²) in [5.74, 6) is 0.705. The van der Waals surface area contributed by atoms with E-state index in [-0.39, 0.29) is 24.0 Å². The minimum Gasteiger partial charge on any atom is -0.372 e. The number of fused-ring (bicyclic) bond motifs is 1. The molecule has 0 aromatic carbocycles. The Morgan fingerprint density at radius 3 is 2.68 bits per heavy atom. The van der Waals surface area contributed by atoms with Crippen molar-refractivity contribution in [2.24, 2.45) is 13.0 Å². The molecule has 7 heteroatoms. The van der Waals surface area contributed by atoms with Crippen molar-refractivity contribution in [1.82, 2.24) is 19.6 Å². The maximum Gasteiger partial charge on any atom is 0.228 e. The molecule has 0 spiro atoms. The number of likely N-dealkylation sites (tertiary alicyclic amines) is 2. The van der Waals surface area contributed by atoms with Crippen LogP contribution in [0, 0.1) is 5.92 Å². The highest BCUT2D eigenvalue weighted by atomic mass is 16.5. The molecule has 7 nitrogen and oxygen atoms in total. The highest BCUT2D eigenvalue weighted by molar-refractivity contribution is 5.79. The van der Waals surface area contributed by atoms with Gasteiger partial charge in [-0.1, -0.05) is 0 Å². The van der Waals surface area contributed by atoms with Gasteiger partial charge in [-0.2, -0.15) is 5.10 Å². The number of nitrogens with zero attached hydrogens (tertiary/aromatic N) is 4. The van der Waals surface area contributed by atoms with E-state index in [1.807, 2.05) is 29.1 Å². The molecule has 0 radical (unpaired) electrons. The lowest BCUT2D eigenvalue weighted by molar-refractivity contribution is -0.134. The zero-order valence-electron chi connectivity index (χ0n) is 14.8. The molecule has 3 saturated heterocycles. The standard InChI is InChI=1S/C18H26N4O3/c1-20-7-4-14(19-20)9-17(23)22-11-13-8-15(25-16(13)12-22)10-18(24)21-5-2-3-6-21/h4,7,13,15-16H,2-3,5-6,8-12H2,1H3/t13-,15-,16+/m0/s1. The van der Waals surface area contributed by atoms with Crippen molar-refractivity contribution >= 4 is 11.8 Å². The summed E-state index contributed by atoms with van der Waals surface area (Å²) in [5.41, 5.74) is 0.805. The lowest BCUT2D eigenvalue weighted by Gasteiger charge is -2.21. The maximum atomic E-state index is 12.4. The molecule has 0 saturated carbocycles. The molecule has 3 atom stereocenters. The fourth-order valence-corrected chi connectivity index (χ4v) is 4.31. The summed E-state index contributed by atoms with van der Waals surface area (Å²) >= 11 is 0. The van der Waals surface area contributed by atoms with Gasteiger partial charge in [0.1, 0.15) is 0 Å². The molecule has 0 bridgehead atoms. The first-order valence-corrected chi connectivity index (χ1v) is 9.28. The van der Waals surface area contributed by atoms with Crippen LogP contribution >= 0.6 is 0 Å². The van der Waals surface area contributed by atoms with E-state index >= 15 is 0 Å². The predicted molar refractivity (Wildman–Crippen MR) is 90.7 cm³/mol. The lowest BCUT2D eigenvalue weighted by atomic mass is 10.0. The number of aryl methyl sites for hydroxylation is 1. The fourth-order valence-electron chi connectivity index (χ4n) is 4.31. The largest absolute Gasteiger partial charge is 0.372 e. The van der Waals surface area contributed by atoms with Crippen LogP contribution in [0.1, 0.15) is 31.4 Å². The number of rotatable bonds is 4. The van der Waals surface area contributed by atoms with Crippen LogP contribution in [0.3, 0.4) is 0 Å². The summed E-state index contributed by atoms with van der Waals surface area (Å²) in [5, 5.41) is 4.27. The Balaban J connectivity index is 1.25. The lowest BCUT2D eigenvalue weighted by Crippen LogP contribution is -2.34. The molecule has 0 unspecified atom stereocenters. The third kappa shape index (κ3) is 3.56. The van der Waals surface area contributed by atoms with Crippen LogP contribution in [-0.2, 0) is 27.8 Å². The van der Waals surface area contributed by atoms with Crippen LogP contribution in [0.4, 0.5) is 0 Å². The van der Waals surface area contributed by atoms with Gasteiger partial charge in [0.2, 0.25) is 11.8 Å². The van der Waals surface area contributed by atoms with Gasteiger partial charge in [0.05, 0.1) is 30.7 Å². The maximum absolute atomic E-state index is 12.4. The summed E-state index contributed by atoms with van der Waals surface area (Å²) < 4.78 is 7.80. The summed E-state index contributed by atoms with van der Waals surface area (Å²) in [6, 6.07) is 1.88. The molecule has 3 aliphatic rings. The second-order valence-electron chi connectivity index (χ2n) is 7.54. The molecule has 136 valence electrons. The van der Waals surface area contributed by atoms with E-state index in [1.165, 1.54) is 0 Å². The van der Waals surface area contributed by atoms with Gasteiger partial charge in [-0.25, -0.2) is 0 Å². The summed E-state index contributed by atoms with van der Waals surface area (Å²) in [6.07, 6.45) is 5.93. The quantitative estimate of drug-likeness (QED) is 0.800. The summed E-state index contributed by atoms with van der Waals surface area (Å²) in [6.45, 7) is 3.18. The van der Waals surface area contributed by atoms with E-state index in [9.17, 15) is 9.59 Å². The SMILES string of the molecule is Cn1ccc(CC(=O)N2C[C@@H]3C[C@@H](CC(=O)N4CCCC4)O[C@@H]3C2)n1. The summed E-state index contributed by atoms with van der Waals surface area (Å²) in [4.78, 5) is 28.6. The van der Waals surface area contributed by atoms with Crippen LogP contribution < -0.4 is 0 Å². The average Bonchev–Trinajstić information content (AvgIpc) is 3.30. The van der Waals surface area contributed by atoms with E-state index in [2.05, 4.69) is 5.10 Å². The van der Waals surface area contributed by atoms with E-state index in [4.69, 9.17) is 4.74 Å². The van der Waals surface area contributed by atoms with Crippen molar-refractivity contribution in [2.75, 3.05) is 26.2 Å². The fraction of sp³-hybridized carbons (Fsp3) is 0.722. The number of aromatic nitrogens is 2. The van der Waals surface area contributed by atoms with Crippen molar-refractivity contribution < 1.29 is 14.3 Å². The van der Waals surface area contributed by atoms with Crippen LogP contribution in [0.2, 0.25) is 0 Å². The zero-order valence-corrected chi connectivity index (χ0v) is 14.8. The molecule has 3 aliphatic heterocycles. The predicted octanol–water partition coefficient (Wildman–Crippen LogP) is 0.591. The Hall–Kier alpha value is -1.89. The first-order valence-electron chi connectivity index (χ1n) is 9.28. The van der Waals surface area contributed by atoms with Crippen LogP contribution in [0.15, 0.2) is 12.3 Å². The number of ether oxygens (including phenoxy) is 1. The molecule has 0 N–H and O–H groups in total. The number of carbonyl (C=O) groups is 2. The molecule has 0 aliphatic carbocycles. The Kier molecular flexibility index (Phi) is 4.50. The van der Waals surface area contributed by atoms with Gasteiger partial charge in [0.25, 0.3) is 0 Å².